The molecule has 0 heterocycles. The zero-order valence-electron chi connectivity index (χ0n) is 15.2. The molecule has 4 heteroatoms. The minimum absolute atomic E-state index is 0.0457. The highest BCUT2D eigenvalue weighted by Gasteiger charge is 2.14. The number of hydrogen-bond acceptors (Lipinski definition) is 2. The normalized spacial score (nSPS) is 10.6. The van der Waals surface area contributed by atoms with E-state index in [9.17, 15) is 0 Å². The highest BCUT2D eigenvalue weighted by molar-refractivity contribution is 7.98. The molecule has 138 valence electrons. The Kier molecular flexibility index (Phi) is 7.75. The summed E-state index contributed by atoms with van der Waals surface area (Å²) in [6, 6.07) is 31.4. The van der Waals surface area contributed by atoms with Crippen LogP contribution in [0.3, 0.4) is 0 Å². The zero-order valence-corrected chi connectivity index (χ0v) is 16.8. The summed E-state index contributed by atoms with van der Waals surface area (Å²) >= 11 is 7.45. The van der Waals surface area contributed by atoms with E-state index in [-0.39, 0.29) is 6.04 Å². The molecule has 0 aliphatic rings. The van der Waals surface area contributed by atoms with Crippen molar-refractivity contribution in [2.75, 3.05) is 12.3 Å². The molecule has 0 atom stereocenters. The molecule has 2 nitrogen and oxygen atoms in total. The quantitative estimate of drug-likeness (QED) is 0.408. The molecule has 0 aliphatic heterocycles. The van der Waals surface area contributed by atoms with Crippen LogP contribution in [0.5, 0.6) is 0 Å². The zero-order chi connectivity index (χ0) is 18.7. The van der Waals surface area contributed by atoms with Crippen molar-refractivity contribution in [2.24, 2.45) is 0 Å². The molecule has 0 unspecified atom stereocenters. The number of rotatable bonds is 8. The Morgan fingerprint density at radius 2 is 1.30 bits per heavy atom. The van der Waals surface area contributed by atoms with Crippen LogP contribution < -0.4 is 10.6 Å². The molecule has 3 aromatic rings. The fraction of sp³-hybridized carbons (Fsp3) is 0.174. The molecular weight excluding hydrogens is 368 g/mol. The van der Waals surface area contributed by atoms with Gasteiger partial charge in [-0.3, -0.25) is 0 Å². The Balaban J connectivity index is 1.49. The van der Waals surface area contributed by atoms with E-state index >= 15 is 0 Å². The lowest BCUT2D eigenvalue weighted by Crippen LogP contribution is -2.39. The Hall–Kier alpha value is -2.30. The van der Waals surface area contributed by atoms with Crippen molar-refractivity contribution in [1.29, 1.82) is 0 Å². The minimum atomic E-state index is 0.0457. The second-order valence-corrected chi connectivity index (χ2v) is 7.71. The van der Waals surface area contributed by atoms with Crippen LogP contribution in [0.25, 0.3) is 0 Å². The van der Waals surface area contributed by atoms with Gasteiger partial charge in [-0.1, -0.05) is 91.0 Å². The molecule has 0 fully saturated rings. The lowest BCUT2D eigenvalue weighted by atomic mass is 9.99. The number of thiocarbonyl (C=S) groups is 1. The van der Waals surface area contributed by atoms with Gasteiger partial charge in [0.2, 0.25) is 0 Å². The topological polar surface area (TPSA) is 24.1 Å². The maximum Gasteiger partial charge on any atom is 0.167 e. The first kappa shape index (κ1) is 19.5. The summed E-state index contributed by atoms with van der Waals surface area (Å²) in [6.07, 6.45) is 0. The Bertz CT molecular complexity index is 768. The van der Waals surface area contributed by atoms with E-state index in [1.54, 1.807) is 0 Å². The average Bonchev–Trinajstić information content (AvgIpc) is 2.74. The van der Waals surface area contributed by atoms with Crippen LogP contribution in [0.15, 0.2) is 91.0 Å². The minimum Gasteiger partial charge on any atom is -0.362 e. The van der Waals surface area contributed by atoms with Crippen molar-refractivity contribution >= 4 is 29.1 Å². The summed E-state index contributed by atoms with van der Waals surface area (Å²) in [5, 5.41) is 7.50. The number of hydrogen-bond donors (Lipinski definition) is 2. The van der Waals surface area contributed by atoms with Crippen LogP contribution in [-0.4, -0.2) is 17.4 Å². The maximum absolute atomic E-state index is 5.54. The lowest BCUT2D eigenvalue weighted by Gasteiger charge is -2.22. The SMILES string of the molecule is S=C(NCCSCc1ccccc1)NC(c1ccccc1)c1ccccc1. The van der Waals surface area contributed by atoms with E-state index in [1.165, 1.54) is 16.7 Å². The molecular formula is C23H24N2S2. The van der Waals surface area contributed by atoms with E-state index in [4.69, 9.17) is 12.2 Å². The van der Waals surface area contributed by atoms with Crippen molar-refractivity contribution < 1.29 is 0 Å². The van der Waals surface area contributed by atoms with E-state index in [0.717, 1.165) is 18.1 Å². The van der Waals surface area contributed by atoms with Gasteiger partial charge in [-0.05, 0) is 28.9 Å². The van der Waals surface area contributed by atoms with Gasteiger partial charge in [0.1, 0.15) is 0 Å². The summed E-state index contributed by atoms with van der Waals surface area (Å²) in [5.41, 5.74) is 3.76. The average molecular weight is 393 g/mol. The largest absolute Gasteiger partial charge is 0.362 e. The molecule has 0 aromatic heterocycles. The third-order valence-corrected chi connectivity index (χ3v) is 5.48. The van der Waals surface area contributed by atoms with Crippen molar-refractivity contribution in [2.45, 2.75) is 11.8 Å². The van der Waals surface area contributed by atoms with Crippen LogP contribution >= 0.6 is 24.0 Å². The third-order valence-electron chi connectivity index (χ3n) is 4.18. The molecule has 0 radical (unpaired) electrons. The second kappa shape index (κ2) is 10.8. The van der Waals surface area contributed by atoms with Crippen LogP contribution in [0, 0.1) is 0 Å². The second-order valence-electron chi connectivity index (χ2n) is 6.19. The first-order valence-electron chi connectivity index (χ1n) is 9.09. The monoisotopic (exact) mass is 392 g/mol. The molecule has 0 bridgehead atoms. The van der Waals surface area contributed by atoms with E-state index in [1.807, 2.05) is 23.9 Å². The van der Waals surface area contributed by atoms with Crippen molar-refractivity contribution in [3.63, 3.8) is 0 Å². The summed E-state index contributed by atoms with van der Waals surface area (Å²) in [7, 11) is 0. The molecule has 0 spiro atoms. The molecule has 3 aromatic carbocycles. The standard InChI is InChI=1S/C23H24N2S2/c26-23(24-16-17-27-18-19-10-4-1-5-11-19)25-22(20-12-6-2-7-13-20)21-14-8-3-9-15-21/h1-15,22H,16-18H2,(H2,24,25,26). The van der Waals surface area contributed by atoms with Gasteiger partial charge < -0.3 is 10.6 Å². The number of thioether (sulfide) groups is 1. The van der Waals surface area contributed by atoms with Crippen LogP contribution in [0.4, 0.5) is 0 Å². The lowest BCUT2D eigenvalue weighted by molar-refractivity contribution is 0.743. The van der Waals surface area contributed by atoms with E-state index < -0.39 is 0 Å². The molecule has 0 amide bonds. The molecule has 2 N–H and O–H groups in total. The van der Waals surface area contributed by atoms with Gasteiger partial charge in [0, 0.05) is 18.1 Å². The van der Waals surface area contributed by atoms with Crippen molar-refractivity contribution in [3.05, 3.63) is 108 Å². The molecule has 0 saturated heterocycles. The molecule has 0 aliphatic carbocycles. The van der Waals surface area contributed by atoms with Gasteiger partial charge in [0.25, 0.3) is 0 Å². The van der Waals surface area contributed by atoms with Gasteiger partial charge in [0.05, 0.1) is 6.04 Å². The highest BCUT2D eigenvalue weighted by atomic mass is 32.2. The summed E-state index contributed by atoms with van der Waals surface area (Å²) in [4.78, 5) is 0. The van der Waals surface area contributed by atoms with Gasteiger partial charge in [0.15, 0.2) is 5.11 Å². The van der Waals surface area contributed by atoms with Crippen LogP contribution in [0.1, 0.15) is 22.7 Å². The molecule has 3 rings (SSSR count). The van der Waals surface area contributed by atoms with Crippen LogP contribution in [-0.2, 0) is 5.75 Å². The first-order valence-corrected chi connectivity index (χ1v) is 10.6. The first-order chi connectivity index (χ1) is 13.3. The predicted octanol–water partition coefficient (Wildman–Crippen LogP) is 5.17. The summed E-state index contributed by atoms with van der Waals surface area (Å²) in [5.74, 6) is 2.04. The molecule has 0 saturated carbocycles. The van der Waals surface area contributed by atoms with Gasteiger partial charge in [-0.25, -0.2) is 0 Å². The fourth-order valence-corrected chi connectivity index (χ4v) is 3.87. The maximum atomic E-state index is 5.54. The highest BCUT2D eigenvalue weighted by Crippen LogP contribution is 2.21. The van der Waals surface area contributed by atoms with Crippen molar-refractivity contribution in [3.8, 4) is 0 Å². The smallest absolute Gasteiger partial charge is 0.167 e. The predicted molar refractivity (Wildman–Crippen MR) is 121 cm³/mol. The fourth-order valence-electron chi connectivity index (χ4n) is 2.83. The van der Waals surface area contributed by atoms with Crippen molar-refractivity contribution in [1.82, 2.24) is 10.6 Å². The van der Waals surface area contributed by atoms with E-state index in [2.05, 4.69) is 89.5 Å². The Labute approximate surface area is 171 Å². The number of nitrogens with one attached hydrogen (secondary N) is 2. The molecule has 27 heavy (non-hydrogen) atoms. The Morgan fingerprint density at radius 1 is 0.778 bits per heavy atom. The van der Waals surface area contributed by atoms with Gasteiger partial charge in [-0.15, -0.1) is 0 Å². The third kappa shape index (κ3) is 6.42. The summed E-state index contributed by atoms with van der Waals surface area (Å²) in [6.45, 7) is 0.847. The van der Waals surface area contributed by atoms with Gasteiger partial charge >= 0.3 is 0 Å². The van der Waals surface area contributed by atoms with Crippen LogP contribution in [0.2, 0.25) is 0 Å². The van der Waals surface area contributed by atoms with Gasteiger partial charge in [-0.2, -0.15) is 11.8 Å². The Morgan fingerprint density at radius 3 is 1.85 bits per heavy atom. The van der Waals surface area contributed by atoms with E-state index in [0.29, 0.717) is 5.11 Å². The summed E-state index contributed by atoms with van der Waals surface area (Å²) < 4.78 is 0. The number of benzene rings is 3.